The minimum absolute atomic E-state index is 0.117. The highest BCUT2D eigenvalue weighted by Crippen LogP contribution is 2.65. The third-order valence-corrected chi connectivity index (χ3v) is 11.3. The number of nitrogens with one attached hydrogen (secondary N) is 4. The lowest BCUT2D eigenvalue weighted by Gasteiger charge is -2.46. The van der Waals surface area contributed by atoms with E-state index in [0.717, 1.165) is 30.4 Å². The summed E-state index contributed by atoms with van der Waals surface area (Å²) in [4.78, 5) is 57.1. The largest absolute Gasteiger partial charge is 0.365 e. The molecule has 260 valence electrons. The molecule has 3 aliphatic heterocycles. The van der Waals surface area contributed by atoms with Crippen molar-refractivity contribution in [1.82, 2.24) is 21.3 Å². The fraction of sp³-hybridized carbons (Fsp3) is 0.500. The van der Waals surface area contributed by atoms with E-state index in [-0.39, 0.29) is 41.7 Å². The molecule has 49 heavy (non-hydrogen) atoms. The quantitative estimate of drug-likeness (QED) is 0.218. The van der Waals surface area contributed by atoms with Crippen molar-refractivity contribution in [2.75, 3.05) is 6.54 Å². The maximum atomic E-state index is 15.0. The number of amides is 4. The Morgan fingerprint density at radius 2 is 1.43 bits per heavy atom. The van der Waals surface area contributed by atoms with Crippen LogP contribution in [-0.2, 0) is 36.8 Å². The van der Waals surface area contributed by atoms with E-state index in [1.165, 1.54) is 0 Å². The molecule has 2 saturated heterocycles. The summed E-state index contributed by atoms with van der Waals surface area (Å²) in [5.74, 6) is -2.90. The molecule has 0 aromatic heterocycles. The van der Waals surface area contributed by atoms with Gasteiger partial charge in [-0.05, 0) is 55.6 Å². The topological polar surface area (TPSA) is 129 Å². The van der Waals surface area contributed by atoms with Crippen LogP contribution in [-0.4, -0.2) is 60.0 Å². The first kappa shape index (κ1) is 34.6. The van der Waals surface area contributed by atoms with Crippen LogP contribution in [0.3, 0.4) is 0 Å². The van der Waals surface area contributed by atoms with Crippen molar-refractivity contribution in [3.63, 3.8) is 0 Å². The Labute approximate surface area is 289 Å². The van der Waals surface area contributed by atoms with Crippen molar-refractivity contribution in [1.29, 1.82) is 0 Å². The molecule has 4 amide bonds. The summed E-state index contributed by atoms with van der Waals surface area (Å²) in [7, 11) is 0. The summed E-state index contributed by atoms with van der Waals surface area (Å²) in [6.07, 6.45) is 11.1. The molecule has 2 aromatic carbocycles. The van der Waals surface area contributed by atoms with Crippen molar-refractivity contribution in [2.45, 2.75) is 89.6 Å². The van der Waals surface area contributed by atoms with Crippen molar-refractivity contribution < 1.29 is 23.9 Å². The standard InChI is InChI=1S/C40H50N4O5/c1-25(2)33-36(46)42-31(24-28-19-13-10-14-20-28)35(45)41-22-16-8-6-5-7-15-21-29-34-39(4,49-34)26(3)32-30(23-27-17-11-9-12-18-27)43-37(47)40(29,32)38(48)44-33/h8-21,25-26,29-34H,5-7,22-24H2,1-4H3,(H,41,45)(H,42,46)(H,43,47)(H,44,48)/b16-8+,21-15+/t26-,29?,30-,31-,32?,33+,34-,39+,40+/m0/s1. The number of allylic oxidation sites excluding steroid dienone is 2. The zero-order chi connectivity index (χ0) is 34.8. The lowest BCUT2D eigenvalue weighted by molar-refractivity contribution is -0.152. The number of fused-ring (bicyclic) bond motifs is 2. The van der Waals surface area contributed by atoms with E-state index in [4.69, 9.17) is 4.74 Å². The molecule has 9 atom stereocenters. The Morgan fingerprint density at radius 3 is 2.10 bits per heavy atom. The van der Waals surface area contributed by atoms with Crippen LogP contribution in [0.25, 0.3) is 0 Å². The van der Waals surface area contributed by atoms with E-state index in [1.54, 1.807) is 0 Å². The first-order valence-corrected chi connectivity index (χ1v) is 17.8. The monoisotopic (exact) mass is 666 g/mol. The molecule has 2 unspecified atom stereocenters. The summed E-state index contributed by atoms with van der Waals surface area (Å²) in [6, 6.07) is 17.4. The zero-order valence-electron chi connectivity index (χ0n) is 29.0. The van der Waals surface area contributed by atoms with Crippen molar-refractivity contribution >= 4 is 23.6 Å². The predicted molar refractivity (Wildman–Crippen MR) is 188 cm³/mol. The molecule has 3 fully saturated rings. The SMILES string of the molecule is CC(C)[C@H]1NC(=O)[C@@]23C(=O)N[C@@H](Cc4ccccc4)C2[C@H](C)[C@@]2(C)O[C@H]2C3/C=C/CCC/C=C/CNC(=O)[C@H](Cc2ccccc2)NC1=O. The fourth-order valence-electron chi connectivity index (χ4n) is 8.49. The first-order valence-electron chi connectivity index (χ1n) is 17.8. The van der Waals surface area contributed by atoms with E-state index < -0.39 is 40.8 Å². The second-order valence-electron chi connectivity index (χ2n) is 14.7. The van der Waals surface area contributed by atoms with Crippen LogP contribution in [0.2, 0.25) is 0 Å². The van der Waals surface area contributed by atoms with Crippen molar-refractivity contribution in [3.05, 3.63) is 96.1 Å². The van der Waals surface area contributed by atoms with E-state index in [2.05, 4.69) is 41.2 Å². The van der Waals surface area contributed by atoms with Crippen LogP contribution in [0.4, 0.5) is 0 Å². The number of carbonyl (C=O) groups excluding carboxylic acids is 4. The Balaban J connectivity index is 1.38. The summed E-state index contributed by atoms with van der Waals surface area (Å²) in [5, 5.41) is 12.2. The zero-order valence-corrected chi connectivity index (χ0v) is 29.0. The van der Waals surface area contributed by atoms with Gasteiger partial charge in [-0.15, -0.1) is 0 Å². The normalized spacial score (nSPS) is 36.4. The smallest absolute Gasteiger partial charge is 0.243 e. The second-order valence-corrected chi connectivity index (χ2v) is 14.7. The maximum absolute atomic E-state index is 15.0. The molecule has 3 heterocycles. The molecule has 1 aliphatic carbocycles. The van der Waals surface area contributed by atoms with Gasteiger partial charge in [0.05, 0.1) is 11.7 Å². The molecule has 2 aromatic rings. The molecule has 4 N–H and O–H groups in total. The number of epoxide rings is 1. The Morgan fingerprint density at radius 1 is 0.796 bits per heavy atom. The van der Waals surface area contributed by atoms with Gasteiger partial charge in [0.1, 0.15) is 17.5 Å². The van der Waals surface area contributed by atoms with Crippen LogP contribution in [0.5, 0.6) is 0 Å². The van der Waals surface area contributed by atoms with E-state index in [9.17, 15) is 14.4 Å². The summed E-state index contributed by atoms with van der Waals surface area (Å²) in [5.41, 5.74) is 0.00854. The summed E-state index contributed by atoms with van der Waals surface area (Å²) < 4.78 is 6.44. The van der Waals surface area contributed by atoms with E-state index in [1.807, 2.05) is 92.7 Å². The van der Waals surface area contributed by atoms with Gasteiger partial charge in [0.15, 0.2) is 0 Å². The average Bonchev–Trinajstić information content (AvgIpc) is 3.70. The van der Waals surface area contributed by atoms with Gasteiger partial charge in [-0.1, -0.05) is 106 Å². The second kappa shape index (κ2) is 14.3. The third kappa shape index (κ3) is 6.70. The Hall–Kier alpha value is -4.24. The molecule has 9 nitrogen and oxygen atoms in total. The number of rotatable bonds is 5. The molecular weight excluding hydrogens is 616 g/mol. The molecule has 9 heteroatoms. The minimum atomic E-state index is -1.49. The Kier molecular flexibility index (Phi) is 10.1. The molecule has 1 saturated carbocycles. The highest BCUT2D eigenvalue weighted by molar-refractivity contribution is 6.09. The third-order valence-electron chi connectivity index (χ3n) is 11.3. The van der Waals surface area contributed by atoms with Crippen LogP contribution in [0, 0.1) is 29.1 Å². The van der Waals surface area contributed by atoms with Gasteiger partial charge < -0.3 is 26.0 Å². The van der Waals surface area contributed by atoms with Crippen LogP contribution >= 0.6 is 0 Å². The highest BCUT2D eigenvalue weighted by Gasteiger charge is 2.78. The van der Waals surface area contributed by atoms with Gasteiger partial charge in [0.25, 0.3) is 0 Å². The van der Waals surface area contributed by atoms with Gasteiger partial charge >= 0.3 is 0 Å². The van der Waals surface area contributed by atoms with Crippen LogP contribution in [0.1, 0.15) is 58.1 Å². The highest BCUT2D eigenvalue weighted by atomic mass is 16.6. The van der Waals surface area contributed by atoms with Gasteiger partial charge in [0.2, 0.25) is 23.6 Å². The lowest BCUT2D eigenvalue weighted by atomic mass is 9.52. The average molecular weight is 667 g/mol. The number of hydrogen-bond donors (Lipinski definition) is 4. The lowest BCUT2D eigenvalue weighted by Crippen LogP contribution is -2.64. The minimum Gasteiger partial charge on any atom is -0.365 e. The Bertz CT molecular complexity index is 1590. The number of benzene rings is 2. The maximum Gasteiger partial charge on any atom is 0.243 e. The molecule has 6 rings (SSSR count). The summed E-state index contributed by atoms with van der Waals surface area (Å²) >= 11 is 0. The fourth-order valence-corrected chi connectivity index (χ4v) is 8.49. The molecule has 0 bridgehead atoms. The first-order chi connectivity index (χ1) is 23.6. The molecule has 1 spiro atoms. The van der Waals surface area contributed by atoms with E-state index in [0.29, 0.717) is 19.4 Å². The van der Waals surface area contributed by atoms with Gasteiger partial charge in [-0.25, -0.2) is 0 Å². The van der Waals surface area contributed by atoms with Gasteiger partial charge in [-0.3, -0.25) is 19.2 Å². The summed E-state index contributed by atoms with van der Waals surface area (Å²) in [6.45, 7) is 8.25. The molecular formula is C40H50N4O5. The van der Waals surface area contributed by atoms with Crippen LogP contribution < -0.4 is 21.3 Å². The van der Waals surface area contributed by atoms with Gasteiger partial charge in [-0.2, -0.15) is 0 Å². The molecule has 0 radical (unpaired) electrons. The van der Waals surface area contributed by atoms with Gasteiger partial charge in [0, 0.05) is 30.8 Å². The number of hydrogen-bond acceptors (Lipinski definition) is 5. The van der Waals surface area contributed by atoms with E-state index >= 15 is 4.79 Å². The van der Waals surface area contributed by atoms with Crippen LogP contribution in [0.15, 0.2) is 85.0 Å². The predicted octanol–water partition coefficient (Wildman–Crippen LogP) is 4.03. The number of ether oxygens (including phenoxy) is 1. The van der Waals surface area contributed by atoms with Crippen molar-refractivity contribution in [2.24, 2.45) is 29.1 Å². The molecule has 4 aliphatic rings. The number of carbonyl (C=O) groups is 4. The van der Waals surface area contributed by atoms with Crippen molar-refractivity contribution in [3.8, 4) is 0 Å².